The first kappa shape index (κ1) is 15.6. The van der Waals surface area contributed by atoms with Crippen molar-refractivity contribution in [3.63, 3.8) is 0 Å². The highest BCUT2D eigenvalue weighted by atomic mass is 32.2. The van der Waals surface area contributed by atoms with Crippen LogP contribution in [0.2, 0.25) is 0 Å². The molecule has 0 amide bonds. The topological polar surface area (TPSA) is 33.1 Å². The van der Waals surface area contributed by atoms with Gasteiger partial charge in [-0.3, -0.25) is 0 Å². The third-order valence-corrected chi connectivity index (χ3v) is 4.44. The first-order valence-corrected chi connectivity index (χ1v) is 8.18. The second-order valence-corrected chi connectivity index (χ2v) is 6.00. The van der Waals surface area contributed by atoms with Gasteiger partial charge in [-0.2, -0.15) is 0 Å². The number of benzene rings is 2. The third kappa shape index (κ3) is 4.11. The van der Waals surface area contributed by atoms with Crippen molar-refractivity contribution >= 4 is 18.0 Å². The Morgan fingerprint density at radius 2 is 1.81 bits per heavy atom. The summed E-state index contributed by atoms with van der Waals surface area (Å²) in [5.41, 5.74) is 3.08. The minimum Gasteiger partial charge on any atom is -0.496 e. The van der Waals surface area contributed by atoms with Crippen molar-refractivity contribution < 1.29 is 4.74 Å². The molecule has 21 heavy (non-hydrogen) atoms. The molecule has 0 radical (unpaired) electrons. The second kappa shape index (κ2) is 7.89. The van der Waals surface area contributed by atoms with Crippen LogP contribution in [-0.4, -0.2) is 19.1 Å². The van der Waals surface area contributed by atoms with Crippen LogP contribution in [-0.2, 0) is 0 Å². The summed E-state index contributed by atoms with van der Waals surface area (Å²) < 4.78 is 5.25. The van der Waals surface area contributed by atoms with Crippen LogP contribution in [0, 0.1) is 5.41 Å². The van der Waals surface area contributed by atoms with E-state index in [2.05, 4.69) is 31.2 Å². The summed E-state index contributed by atoms with van der Waals surface area (Å²) in [4.78, 5) is 1.31. The van der Waals surface area contributed by atoms with Crippen LogP contribution in [0.15, 0.2) is 47.4 Å². The molecule has 0 unspecified atom stereocenters. The van der Waals surface area contributed by atoms with Crippen LogP contribution in [0.5, 0.6) is 5.75 Å². The molecule has 2 nitrogen and oxygen atoms in total. The van der Waals surface area contributed by atoms with E-state index in [9.17, 15) is 0 Å². The Morgan fingerprint density at radius 3 is 2.43 bits per heavy atom. The summed E-state index contributed by atoms with van der Waals surface area (Å²) in [5, 5.41) is 7.47. The Kier molecular flexibility index (Phi) is 5.88. The molecule has 3 heteroatoms. The lowest BCUT2D eigenvalue weighted by atomic mass is 10.0. The summed E-state index contributed by atoms with van der Waals surface area (Å²) in [7, 11) is 1.63. The molecule has 0 aliphatic rings. The molecule has 2 rings (SSSR count). The highest BCUT2D eigenvalue weighted by Crippen LogP contribution is 2.28. The number of ether oxygens (including phenoxy) is 1. The Hall–Kier alpha value is -1.74. The lowest BCUT2D eigenvalue weighted by molar-refractivity contribution is 0.414. The number of thioether (sulfide) groups is 1. The Balaban J connectivity index is 2.16. The third-order valence-electron chi connectivity index (χ3n) is 3.34. The average molecular weight is 299 g/mol. The van der Waals surface area contributed by atoms with E-state index in [1.165, 1.54) is 35.3 Å². The van der Waals surface area contributed by atoms with Crippen LogP contribution in [0.25, 0.3) is 11.1 Å². The second-order valence-electron chi connectivity index (χ2n) is 4.83. The summed E-state index contributed by atoms with van der Waals surface area (Å²) in [6, 6.07) is 14.6. The molecule has 110 valence electrons. The molecule has 0 aromatic heterocycles. The fourth-order valence-electron chi connectivity index (χ4n) is 2.10. The van der Waals surface area contributed by atoms with E-state index in [1.807, 2.05) is 30.0 Å². The fraction of sp³-hybridized carbons (Fsp3) is 0.278. The number of rotatable bonds is 7. The van der Waals surface area contributed by atoms with Gasteiger partial charge < -0.3 is 10.1 Å². The molecule has 0 atom stereocenters. The molecular weight excluding hydrogens is 278 g/mol. The highest BCUT2D eigenvalue weighted by molar-refractivity contribution is 7.99. The van der Waals surface area contributed by atoms with Gasteiger partial charge in [-0.05, 0) is 47.6 Å². The normalized spacial score (nSPS) is 10.4. The molecule has 0 heterocycles. The SMILES string of the molecule is CCCCSc1ccc(-c2ccc(OC)c(C=N)c2)cc1. The van der Waals surface area contributed by atoms with Gasteiger partial charge in [0.15, 0.2) is 0 Å². The van der Waals surface area contributed by atoms with E-state index in [4.69, 9.17) is 10.1 Å². The van der Waals surface area contributed by atoms with Crippen LogP contribution in [0.3, 0.4) is 0 Å². The highest BCUT2D eigenvalue weighted by Gasteiger charge is 2.04. The molecule has 0 spiro atoms. The van der Waals surface area contributed by atoms with Crippen molar-refractivity contribution in [1.82, 2.24) is 0 Å². The molecule has 0 aliphatic heterocycles. The van der Waals surface area contributed by atoms with Gasteiger partial charge in [-0.1, -0.05) is 31.5 Å². The van der Waals surface area contributed by atoms with Gasteiger partial charge >= 0.3 is 0 Å². The average Bonchev–Trinajstić information content (AvgIpc) is 2.55. The molecule has 1 N–H and O–H groups in total. The minimum atomic E-state index is 0.737. The van der Waals surface area contributed by atoms with Gasteiger partial charge in [0, 0.05) is 16.7 Å². The largest absolute Gasteiger partial charge is 0.496 e. The lowest BCUT2D eigenvalue weighted by Crippen LogP contribution is -1.91. The Labute approximate surface area is 131 Å². The van der Waals surface area contributed by atoms with E-state index in [-0.39, 0.29) is 0 Å². The Morgan fingerprint density at radius 1 is 1.10 bits per heavy atom. The van der Waals surface area contributed by atoms with Gasteiger partial charge in [-0.25, -0.2) is 0 Å². The number of nitrogens with one attached hydrogen (secondary N) is 1. The van der Waals surface area contributed by atoms with Crippen molar-refractivity contribution in [2.45, 2.75) is 24.7 Å². The molecule has 2 aromatic rings. The Bertz CT molecular complexity index is 593. The van der Waals surface area contributed by atoms with Gasteiger partial charge in [0.2, 0.25) is 0 Å². The van der Waals surface area contributed by atoms with Gasteiger partial charge in [-0.15, -0.1) is 11.8 Å². The van der Waals surface area contributed by atoms with Crippen molar-refractivity contribution in [2.24, 2.45) is 0 Å². The standard InChI is InChI=1S/C18H21NOS/c1-3-4-11-21-17-8-5-14(6-9-17)15-7-10-18(20-2)16(12-15)13-19/h5-10,12-13,19H,3-4,11H2,1-2H3. The fourth-order valence-corrected chi connectivity index (χ4v) is 3.10. The molecule has 2 aromatic carbocycles. The zero-order chi connectivity index (χ0) is 15.1. The molecule has 0 bridgehead atoms. The van der Waals surface area contributed by atoms with Gasteiger partial charge in [0.25, 0.3) is 0 Å². The van der Waals surface area contributed by atoms with E-state index < -0.39 is 0 Å². The zero-order valence-corrected chi connectivity index (χ0v) is 13.4. The van der Waals surface area contributed by atoms with Crippen LogP contribution >= 0.6 is 11.8 Å². The quantitative estimate of drug-likeness (QED) is 0.430. The zero-order valence-electron chi connectivity index (χ0n) is 12.6. The summed E-state index contributed by atoms with van der Waals surface area (Å²) in [6.07, 6.45) is 3.83. The molecular formula is C18H21NOS. The van der Waals surface area contributed by atoms with Gasteiger partial charge in [0.1, 0.15) is 5.75 Å². The van der Waals surface area contributed by atoms with Crippen molar-refractivity contribution in [2.75, 3.05) is 12.9 Å². The maximum atomic E-state index is 7.47. The van der Waals surface area contributed by atoms with Crippen molar-refractivity contribution in [1.29, 1.82) is 5.41 Å². The predicted molar refractivity (Wildman–Crippen MR) is 91.9 cm³/mol. The van der Waals surface area contributed by atoms with Crippen LogP contribution < -0.4 is 4.74 Å². The van der Waals surface area contributed by atoms with E-state index in [0.29, 0.717) is 0 Å². The van der Waals surface area contributed by atoms with Crippen LogP contribution in [0.1, 0.15) is 25.3 Å². The van der Waals surface area contributed by atoms with Gasteiger partial charge in [0.05, 0.1) is 7.11 Å². The monoisotopic (exact) mass is 299 g/mol. The predicted octanol–water partition coefficient (Wildman–Crippen LogP) is 5.25. The summed E-state index contributed by atoms with van der Waals surface area (Å²) in [6.45, 7) is 2.22. The first-order chi connectivity index (χ1) is 10.3. The van der Waals surface area contributed by atoms with Crippen LogP contribution in [0.4, 0.5) is 0 Å². The molecule has 0 saturated heterocycles. The van der Waals surface area contributed by atoms with Crippen molar-refractivity contribution in [3.05, 3.63) is 48.0 Å². The van der Waals surface area contributed by atoms with E-state index >= 15 is 0 Å². The van der Waals surface area contributed by atoms with E-state index in [0.717, 1.165) is 16.9 Å². The number of unbranched alkanes of at least 4 members (excludes halogenated alkanes) is 1. The van der Waals surface area contributed by atoms with Crippen molar-refractivity contribution in [3.8, 4) is 16.9 Å². The first-order valence-electron chi connectivity index (χ1n) is 7.20. The number of methoxy groups -OCH3 is 1. The maximum Gasteiger partial charge on any atom is 0.127 e. The molecule has 0 saturated carbocycles. The maximum absolute atomic E-state index is 7.47. The minimum absolute atomic E-state index is 0.737. The lowest BCUT2D eigenvalue weighted by Gasteiger charge is -2.08. The molecule has 0 aliphatic carbocycles. The van der Waals surface area contributed by atoms with E-state index in [1.54, 1.807) is 7.11 Å². The number of hydrogen-bond donors (Lipinski definition) is 1. The summed E-state index contributed by atoms with van der Waals surface area (Å²) >= 11 is 1.91. The molecule has 0 fully saturated rings. The summed E-state index contributed by atoms with van der Waals surface area (Å²) in [5.74, 6) is 1.91. The smallest absolute Gasteiger partial charge is 0.127 e. The number of hydrogen-bond acceptors (Lipinski definition) is 3.